The van der Waals surface area contributed by atoms with Crippen LogP contribution in [0.4, 0.5) is 0 Å². The molecule has 0 aromatic rings. The minimum atomic E-state index is -0.310. The zero-order chi connectivity index (χ0) is 18.2. The second-order valence-electron chi connectivity index (χ2n) is 7.46. The fourth-order valence-corrected chi connectivity index (χ4v) is 4.34. The van der Waals surface area contributed by atoms with Gasteiger partial charge in [-0.25, -0.2) is 4.79 Å². The lowest BCUT2D eigenvalue weighted by molar-refractivity contribution is -0.134. The maximum Gasteiger partial charge on any atom is 0.330 e. The highest BCUT2D eigenvalue weighted by atomic mass is 35.5. The summed E-state index contributed by atoms with van der Waals surface area (Å²) >= 11 is 6.71. The molecule has 0 bridgehead atoms. The topological polar surface area (TPSA) is 50.1 Å². The van der Waals surface area contributed by atoms with Gasteiger partial charge in [-0.3, -0.25) is 0 Å². The minimum Gasteiger partial charge on any atom is -0.466 e. The number of carbonyl (C=O) groups is 1. The van der Waals surface area contributed by atoms with E-state index in [0.29, 0.717) is 12.3 Å². The van der Waals surface area contributed by atoms with Gasteiger partial charge in [0, 0.05) is 17.4 Å². The summed E-state index contributed by atoms with van der Waals surface area (Å²) in [6.45, 7) is 6.59. The van der Waals surface area contributed by atoms with Crippen molar-refractivity contribution in [3.8, 4) is 6.07 Å². The first kappa shape index (κ1) is 20.8. The van der Waals surface area contributed by atoms with E-state index in [0.717, 1.165) is 32.1 Å². The molecular weight excluding hydrogens is 322 g/mol. The first-order valence-corrected chi connectivity index (χ1v) is 9.09. The number of hydrogen-bond acceptors (Lipinski definition) is 3. The monoisotopic (exact) mass is 351 g/mol. The number of hydrogen-bond donors (Lipinski definition) is 0. The molecule has 0 unspecified atom stereocenters. The molecule has 134 valence electrons. The molecule has 1 aliphatic rings. The van der Waals surface area contributed by atoms with E-state index in [4.69, 9.17) is 16.9 Å². The van der Waals surface area contributed by atoms with Crippen LogP contribution in [0.5, 0.6) is 0 Å². The summed E-state index contributed by atoms with van der Waals surface area (Å²) < 4.78 is 4.55. The number of unbranched alkanes of at least 4 members (excludes halogenated alkanes) is 1. The van der Waals surface area contributed by atoms with Gasteiger partial charge in [-0.15, -0.1) is 11.6 Å². The summed E-state index contributed by atoms with van der Waals surface area (Å²) in [5.74, 6) is 0.451. The first-order valence-electron chi connectivity index (χ1n) is 8.71. The fraction of sp³-hybridized carbons (Fsp3) is 0.700. The number of esters is 1. The second kappa shape index (κ2) is 9.28. The standard InChI is InChI=1S/C20H30ClNO2/c1-19(2)16(12-14-20(3,21)17(19)13-15-22)10-8-6-5-7-9-11-18(23)24-4/h6,8-9,11,16-17H,5,7,10,12-14H2,1-4H3/b8-6+,11-9+/t16-,17-,20-/m1/s1. The van der Waals surface area contributed by atoms with Gasteiger partial charge >= 0.3 is 5.97 Å². The Balaban J connectivity index is 2.53. The molecule has 1 fully saturated rings. The van der Waals surface area contributed by atoms with E-state index in [1.165, 1.54) is 13.2 Å². The van der Waals surface area contributed by atoms with E-state index in [2.05, 4.69) is 43.7 Å². The van der Waals surface area contributed by atoms with E-state index in [1.54, 1.807) is 0 Å². The van der Waals surface area contributed by atoms with E-state index < -0.39 is 0 Å². The molecule has 3 atom stereocenters. The third kappa shape index (κ3) is 5.67. The zero-order valence-corrected chi connectivity index (χ0v) is 16.1. The normalized spacial score (nSPS) is 29.7. The summed E-state index contributed by atoms with van der Waals surface area (Å²) in [6, 6.07) is 2.33. The summed E-state index contributed by atoms with van der Waals surface area (Å²) in [5.41, 5.74) is 0.0552. The van der Waals surface area contributed by atoms with Crippen LogP contribution in [0.2, 0.25) is 0 Å². The highest BCUT2D eigenvalue weighted by molar-refractivity contribution is 6.24. The number of nitriles is 1. The Morgan fingerprint density at radius 1 is 1.29 bits per heavy atom. The summed E-state index contributed by atoms with van der Waals surface area (Å²) in [4.78, 5) is 10.7. The lowest BCUT2D eigenvalue weighted by atomic mass is 9.56. The van der Waals surface area contributed by atoms with Gasteiger partial charge in [-0.1, -0.05) is 32.1 Å². The Hall–Kier alpha value is -1.27. The number of alkyl halides is 1. The second-order valence-corrected chi connectivity index (χ2v) is 8.32. The average Bonchev–Trinajstić information content (AvgIpc) is 2.52. The molecule has 1 aliphatic carbocycles. The van der Waals surface area contributed by atoms with Crippen LogP contribution in [0.25, 0.3) is 0 Å². The Morgan fingerprint density at radius 2 is 1.96 bits per heavy atom. The molecule has 0 aromatic carbocycles. The number of methoxy groups -OCH3 is 1. The van der Waals surface area contributed by atoms with Gasteiger partial charge in [-0.2, -0.15) is 5.26 Å². The highest BCUT2D eigenvalue weighted by Gasteiger charge is 2.49. The summed E-state index contributed by atoms with van der Waals surface area (Å²) in [5, 5.41) is 9.16. The number of nitrogens with zero attached hydrogens (tertiary/aromatic N) is 1. The van der Waals surface area contributed by atoms with Crippen molar-refractivity contribution >= 4 is 17.6 Å². The predicted molar refractivity (Wildman–Crippen MR) is 98.6 cm³/mol. The van der Waals surface area contributed by atoms with Gasteiger partial charge in [0.25, 0.3) is 0 Å². The number of rotatable bonds is 7. The minimum absolute atomic E-state index is 0.0552. The van der Waals surface area contributed by atoms with Crippen LogP contribution >= 0.6 is 11.6 Å². The molecule has 0 saturated heterocycles. The van der Waals surface area contributed by atoms with Crippen molar-refractivity contribution in [2.75, 3.05) is 7.11 Å². The molecule has 1 rings (SSSR count). The van der Waals surface area contributed by atoms with Crippen molar-refractivity contribution in [3.05, 3.63) is 24.3 Å². The number of halogens is 1. The largest absolute Gasteiger partial charge is 0.466 e. The molecule has 0 radical (unpaired) electrons. The van der Waals surface area contributed by atoms with Crippen LogP contribution in [-0.2, 0) is 9.53 Å². The Kier molecular flexibility index (Phi) is 8.03. The molecule has 0 aliphatic heterocycles. The summed E-state index contributed by atoms with van der Waals surface area (Å²) in [7, 11) is 1.38. The summed E-state index contributed by atoms with van der Waals surface area (Å²) in [6.07, 6.45) is 13.0. The predicted octanol–water partition coefficient (Wildman–Crippen LogP) is 5.41. The molecule has 0 amide bonds. The number of ether oxygens (including phenoxy) is 1. The van der Waals surface area contributed by atoms with E-state index in [-0.39, 0.29) is 22.2 Å². The molecule has 0 heterocycles. The Morgan fingerprint density at radius 3 is 2.58 bits per heavy atom. The van der Waals surface area contributed by atoms with Crippen LogP contribution in [0.3, 0.4) is 0 Å². The molecule has 3 nitrogen and oxygen atoms in total. The molecule has 1 saturated carbocycles. The van der Waals surface area contributed by atoms with Crippen molar-refractivity contribution in [1.82, 2.24) is 0 Å². The Bertz CT molecular complexity index is 514. The molecule has 0 spiro atoms. The van der Waals surface area contributed by atoms with Gasteiger partial charge in [0.05, 0.1) is 13.2 Å². The first-order chi connectivity index (χ1) is 11.3. The van der Waals surface area contributed by atoms with Gasteiger partial charge in [0.1, 0.15) is 0 Å². The van der Waals surface area contributed by atoms with Gasteiger partial charge in [0.2, 0.25) is 0 Å². The third-order valence-corrected chi connectivity index (χ3v) is 5.95. The van der Waals surface area contributed by atoms with Crippen molar-refractivity contribution in [2.45, 2.75) is 64.2 Å². The molecule has 24 heavy (non-hydrogen) atoms. The Labute approximate surface area is 151 Å². The highest BCUT2D eigenvalue weighted by Crippen LogP contribution is 2.54. The average molecular weight is 352 g/mol. The van der Waals surface area contributed by atoms with Crippen LogP contribution < -0.4 is 0 Å². The van der Waals surface area contributed by atoms with Crippen LogP contribution in [0.1, 0.15) is 59.3 Å². The van der Waals surface area contributed by atoms with Gasteiger partial charge in [-0.05, 0) is 56.3 Å². The van der Waals surface area contributed by atoms with Crippen molar-refractivity contribution in [1.29, 1.82) is 5.26 Å². The third-order valence-electron chi connectivity index (χ3n) is 5.50. The maximum absolute atomic E-state index is 11.0. The lowest BCUT2D eigenvalue weighted by Gasteiger charge is -2.51. The van der Waals surface area contributed by atoms with Crippen LogP contribution in [-0.4, -0.2) is 18.0 Å². The van der Waals surface area contributed by atoms with Crippen LogP contribution in [0.15, 0.2) is 24.3 Å². The van der Waals surface area contributed by atoms with E-state index in [9.17, 15) is 4.79 Å². The molecule has 4 heteroatoms. The molecular formula is C20H30ClNO2. The van der Waals surface area contributed by atoms with Crippen LogP contribution in [0, 0.1) is 28.6 Å². The maximum atomic E-state index is 11.0. The number of allylic oxidation sites excluding steroid dienone is 3. The number of carbonyl (C=O) groups excluding carboxylic acids is 1. The van der Waals surface area contributed by atoms with E-state index >= 15 is 0 Å². The van der Waals surface area contributed by atoms with Gasteiger partial charge < -0.3 is 4.74 Å². The zero-order valence-electron chi connectivity index (χ0n) is 15.3. The SMILES string of the molecule is COC(=O)/C=C/CC/C=C/C[C@@H]1CC[C@@](C)(Cl)[C@H](CC#N)C1(C)C. The molecule has 0 aromatic heterocycles. The quantitative estimate of drug-likeness (QED) is 0.203. The van der Waals surface area contributed by atoms with E-state index in [1.807, 2.05) is 6.08 Å². The smallest absolute Gasteiger partial charge is 0.330 e. The van der Waals surface area contributed by atoms with Crippen molar-refractivity contribution < 1.29 is 9.53 Å². The van der Waals surface area contributed by atoms with Crippen molar-refractivity contribution in [3.63, 3.8) is 0 Å². The van der Waals surface area contributed by atoms with Crippen molar-refractivity contribution in [2.24, 2.45) is 17.3 Å². The lowest BCUT2D eigenvalue weighted by Crippen LogP contribution is -2.48. The molecule has 0 N–H and O–H groups in total. The fourth-order valence-electron chi connectivity index (χ4n) is 3.87. The van der Waals surface area contributed by atoms with Gasteiger partial charge in [0.15, 0.2) is 0 Å².